The van der Waals surface area contributed by atoms with Crippen molar-refractivity contribution < 1.29 is 24.9 Å². The summed E-state index contributed by atoms with van der Waals surface area (Å²) in [6.07, 6.45) is -4.00. The van der Waals surface area contributed by atoms with E-state index in [-0.39, 0.29) is 6.54 Å². The van der Waals surface area contributed by atoms with Crippen LogP contribution in [0, 0.1) is 0 Å². The number of nitrogens with one attached hydrogen (secondary N) is 1. The lowest BCUT2D eigenvalue weighted by Gasteiger charge is -2.20. The molecule has 4 N–H and O–H groups in total. The van der Waals surface area contributed by atoms with E-state index in [0.717, 1.165) is 0 Å². The van der Waals surface area contributed by atoms with Crippen LogP contribution < -0.4 is 5.32 Å². The van der Waals surface area contributed by atoms with Gasteiger partial charge in [-0.2, -0.15) is 0 Å². The summed E-state index contributed by atoms with van der Waals surface area (Å²) in [6, 6.07) is 0. The number of carbonyl (C=O) groups is 1. The van der Waals surface area contributed by atoms with Crippen LogP contribution in [0.4, 0.5) is 4.79 Å². The molecule has 6 nitrogen and oxygen atoms in total. The van der Waals surface area contributed by atoms with Gasteiger partial charge < -0.3 is 25.4 Å². The summed E-state index contributed by atoms with van der Waals surface area (Å²) >= 11 is 0. The molecule has 0 aromatic rings. The smallest absolute Gasteiger partial charge is 0.407 e. The van der Waals surface area contributed by atoms with E-state index in [4.69, 9.17) is 20.1 Å². The Morgan fingerprint density at radius 3 is 2.21 bits per heavy atom. The van der Waals surface area contributed by atoms with Crippen molar-refractivity contribution in [2.24, 2.45) is 0 Å². The molecule has 0 rings (SSSR count). The number of aliphatic hydroxyl groups excluding tert-OH is 2. The molecular formula is C8H17NO5. The molecule has 0 spiro atoms. The molecule has 84 valence electrons. The molecule has 0 fully saturated rings. The van der Waals surface area contributed by atoms with E-state index < -0.39 is 24.1 Å². The molecule has 0 unspecified atom stereocenters. The number of carbonyl (C=O) groups excluding carboxylic acids is 1. The third-order valence-corrected chi connectivity index (χ3v) is 1.20. The highest BCUT2D eigenvalue weighted by atomic mass is 16.6. The number of rotatable bonds is 3. The van der Waals surface area contributed by atoms with Crippen LogP contribution in [0.25, 0.3) is 0 Å². The topological polar surface area (TPSA) is 99.0 Å². The largest absolute Gasteiger partial charge is 0.444 e. The van der Waals surface area contributed by atoms with E-state index in [9.17, 15) is 4.79 Å². The average Bonchev–Trinajstić information content (AvgIpc) is 1.96. The Hall–Kier alpha value is -0.850. The third kappa shape index (κ3) is 6.64. The van der Waals surface area contributed by atoms with Gasteiger partial charge in [0.15, 0.2) is 6.29 Å². The van der Waals surface area contributed by atoms with Crippen LogP contribution in [0.15, 0.2) is 0 Å². The van der Waals surface area contributed by atoms with Crippen molar-refractivity contribution in [1.82, 2.24) is 5.32 Å². The molecule has 0 aliphatic carbocycles. The Balaban J connectivity index is 3.75. The van der Waals surface area contributed by atoms with E-state index >= 15 is 0 Å². The molecule has 0 aromatic carbocycles. The summed E-state index contributed by atoms with van der Waals surface area (Å²) in [5, 5.41) is 28.1. The van der Waals surface area contributed by atoms with Gasteiger partial charge in [0.25, 0.3) is 0 Å². The Bertz CT molecular complexity index is 187. The first kappa shape index (κ1) is 13.2. The second-order valence-electron chi connectivity index (χ2n) is 3.86. The van der Waals surface area contributed by atoms with Gasteiger partial charge in [-0.1, -0.05) is 0 Å². The number of hydrogen-bond donors (Lipinski definition) is 4. The van der Waals surface area contributed by atoms with Crippen LogP contribution in [0.2, 0.25) is 0 Å². The highest BCUT2D eigenvalue weighted by Crippen LogP contribution is 2.06. The summed E-state index contributed by atoms with van der Waals surface area (Å²) in [7, 11) is 0. The summed E-state index contributed by atoms with van der Waals surface area (Å²) in [5.41, 5.74) is -0.618. The van der Waals surface area contributed by atoms with Gasteiger partial charge in [0.05, 0.1) is 6.54 Å². The van der Waals surface area contributed by atoms with Gasteiger partial charge in [-0.25, -0.2) is 4.79 Å². The van der Waals surface area contributed by atoms with Gasteiger partial charge in [-0.3, -0.25) is 0 Å². The molecule has 0 heterocycles. The van der Waals surface area contributed by atoms with Crippen LogP contribution in [0.1, 0.15) is 20.8 Å². The molecule has 0 aromatic heterocycles. The number of aliphatic hydroxyl groups is 3. The molecule has 0 aliphatic rings. The number of ether oxygens (including phenoxy) is 1. The van der Waals surface area contributed by atoms with Crippen LogP contribution in [0.3, 0.4) is 0 Å². The maximum atomic E-state index is 11.0. The predicted molar refractivity (Wildman–Crippen MR) is 48.5 cm³/mol. The molecular weight excluding hydrogens is 190 g/mol. The Labute approximate surface area is 82.5 Å². The summed E-state index contributed by atoms with van der Waals surface area (Å²) in [6.45, 7) is 4.82. The molecule has 0 radical (unpaired) electrons. The minimum atomic E-state index is -1.87. The van der Waals surface area contributed by atoms with Crippen molar-refractivity contribution in [3.05, 3.63) is 0 Å². The highest BCUT2D eigenvalue weighted by Gasteiger charge is 2.18. The number of alkyl carbamates (subject to hydrolysis) is 1. The fourth-order valence-electron chi connectivity index (χ4n) is 0.607. The summed E-state index contributed by atoms with van der Waals surface area (Å²) in [4.78, 5) is 11.0. The van der Waals surface area contributed by atoms with Gasteiger partial charge in [0.2, 0.25) is 0 Å². The molecule has 0 saturated heterocycles. The SMILES string of the molecule is CC(C)(C)OC(=O)NC[C@@H](O)C(O)O. The number of amides is 1. The van der Waals surface area contributed by atoms with Crippen molar-refractivity contribution in [3.8, 4) is 0 Å². The monoisotopic (exact) mass is 207 g/mol. The molecule has 1 amide bonds. The van der Waals surface area contributed by atoms with Crippen LogP contribution >= 0.6 is 0 Å². The zero-order chi connectivity index (χ0) is 11.4. The van der Waals surface area contributed by atoms with Crippen molar-refractivity contribution >= 4 is 6.09 Å². The maximum Gasteiger partial charge on any atom is 0.407 e. The first-order chi connectivity index (χ1) is 6.22. The van der Waals surface area contributed by atoms with E-state index in [2.05, 4.69) is 5.32 Å². The molecule has 0 bridgehead atoms. The Morgan fingerprint density at radius 2 is 1.86 bits per heavy atom. The van der Waals surface area contributed by atoms with Crippen LogP contribution in [0.5, 0.6) is 0 Å². The zero-order valence-corrected chi connectivity index (χ0v) is 8.52. The third-order valence-electron chi connectivity index (χ3n) is 1.20. The van der Waals surface area contributed by atoms with E-state index in [1.807, 2.05) is 0 Å². The second-order valence-corrected chi connectivity index (χ2v) is 3.86. The normalized spacial score (nSPS) is 13.9. The lowest BCUT2D eigenvalue weighted by Crippen LogP contribution is -2.41. The van der Waals surface area contributed by atoms with Gasteiger partial charge in [-0.15, -0.1) is 0 Å². The van der Waals surface area contributed by atoms with Gasteiger partial charge in [-0.05, 0) is 20.8 Å². The lowest BCUT2D eigenvalue weighted by molar-refractivity contribution is -0.119. The lowest BCUT2D eigenvalue weighted by atomic mass is 10.2. The molecule has 6 heteroatoms. The standard InChI is InChI=1S/C8H17NO5/c1-8(2,3)14-7(13)9-4-5(10)6(11)12/h5-6,10-12H,4H2,1-3H3,(H,9,13)/t5-/m1/s1. The highest BCUT2D eigenvalue weighted by molar-refractivity contribution is 5.67. The number of hydrogen-bond acceptors (Lipinski definition) is 5. The fourth-order valence-corrected chi connectivity index (χ4v) is 0.607. The van der Waals surface area contributed by atoms with Crippen molar-refractivity contribution in [2.75, 3.05) is 6.54 Å². The fraction of sp³-hybridized carbons (Fsp3) is 0.875. The average molecular weight is 207 g/mol. The van der Waals surface area contributed by atoms with E-state index in [0.29, 0.717) is 0 Å². The molecule has 1 atom stereocenters. The Kier molecular flexibility index (Phi) is 4.82. The van der Waals surface area contributed by atoms with E-state index in [1.165, 1.54) is 0 Å². The van der Waals surface area contributed by atoms with Crippen molar-refractivity contribution in [1.29, 1.82) is 0 Å². The van der Waals surface area contributed by atoms with Gasteiger partial charge in [0.1, 0.15) is 11.7 Å². The first-order valence-electron chi connectivity index (χ1n) is 4.23. The molecule has 0 aliphatic heterocycles. The predicted octanol–water partition coefficient (Wildman–Crippen LogP) is -0.817. The maximum absolute atomic E-state index is 11.0. The first-order valence-corrected chi connectivity index (χ1v) is 4.23. The zero-order valence-electron chi connectivity index (χ0n) is 8.52. The van der Waals surface area contributed by atoms with Crippen LogP contribution in [-0.2, 0) is 4.74 Å². The minimum absolute atomic E-state index is 0.271. The van der Waals surface area contributed by atoms with Gasteiger partial charge in [0, 0.05) is 0 Å². The van der Waals surface area contributed by atoms with E-state index in [1.54, 1.807) is 20.8 Å². The van der Waals surface area contributed by atoms with Gasteiger partial charge >= 0.3 is 6.09 Å². The van der Waals surface area contributed by atoms with Crippen LogP contribution in [-0.4, -0.2) is 46.0 Å². The molecule has 0 saturated carbocycles. The molecule has 14 heavy (non-hydrogen) atoms. The van der Waals surface area contributed by atoms with Crippen molar-refractivity contribution in [2.45, 2.75) is 38.8 Å². The summed E-state index contributed by atoms with van der Waals surface area (Å²) < 4.78 is 4.84. The summed E-state index contributed by atoms with van der Waals surface area (Å²) in [5.74, 6) is 0. The quantitative estimate of drug-likeness (QED) is 0.453. The van der Waals surface area contributed by atoms with Crippen molar-refractivity contribution in [3.63, 3.8) is 0 Å². The Morgan fingerprint density at radius 1 is 1.36 bits per heavy atom. The second kappa shape index (κ2) is 5.14. The minimum Gasteiger partial charge on any atom is -0.444 e.